The Morgan fingerprint density at radius 1 is 0.927 bits per heavy atom. The highest BCUT2D eigenvalue weighted by Gasteiger charge is 2.31. The van der Waals surface area contributed by atoms with Crippen molar-refractivity contribution in [3.8, 4) is 11.3 Å². The Kier molecular flexibility index (Phi) is 10.8. The van der Waals surface area contributed by atoms with E-state index < -0.39 is 6.04 Å². The molecule has 0 spiro atoms. The summed E-state index contributed by atoms with van der Waals surface area (Å²) in [4.78, 5) is 39.5. The smallest absolute Gasteiger partial charge is 0.247 e. The first kappa shape index (κ1) is 29.6. The van der Waals surface area contributed by atoms with Crippen molar-refractivity contribution in [2.24, 2.45) is 0 Å². The van der Waals surface area contributed by atoms with Crippen LogP contribution >= 0.6 is 11.6 Å². The molecule has 0 bridgehead atoms. The summed E-state index contributed by atoms with van der Waals surface area (Å²) in [5.41, 5.74) is 4.41. The van der Waals surface area contributed by atoms with Gasteiger partial charge in [-0.05, 0) is 41.0 Å². The van der Waals surface area contributed by atoms with Gasteiger partial charge < -0.3 is 14.5 Å². The minimum Gasteiger partial charge on any atom is -0.383 e. The minimum atomic E-state index is -0.741. The molecule has 2 heterocycles. The number of methoxy groups -OCH3 is 1. The Morgan fingerprint density at radius 3 is 2.34 bits per heavy atom. The van der Waals surface area contributed by atoms with Gasteiger partial charge in [-0.15, -0.1) is 0 Å². The third-order valence-electron chi connectivity index (χ3n) is 6.66. The number of amides is 2. The first-order valence-electron chi connectivity index (χ1n) is 13.3. The number of carbonyl (C=O) groups excluding carboxylic acids is 2. The molecule has 0 saturated heterocycles. The molecule has 7 nitrogen and oxygen atoms in total. The van der Waals surface area contributed by atoms with Crippen LogP contribution in [-0.2, 0) is 27.3 Å². The monoisotopic (exact) mass is 568 g/mol. The maximum absolute atomic E-state index is 13.9. The number of nitrogens with zero attached hydrogens (tertiary/aromatic N) is 4. The van der Waals surface area contributed by atoms with Crippen LogP contribution in [0.4, 0.5) is 0 Å². The predicted molar refractivity (Wildman–Crippen MR) is 162 cm³/mol. The van der Waals surface area contributed by atoms with Gasteiger partial charge in [-0.1, -0.05) is 78.3 Å². The van der Waals surface area contributed by atoms with E-state index in [4.69, 9.17) is 16.3 Å². The van der Waals surface area contributed by atoms with Gasteiger partial charge in [0.25, 0.3) is 0 Å². The lowest BCUT2D eigenvalue weighted by atomic mass is 10.0. The van der Waals surface area contributed by atoms with Crippen LogP contribution in [0.1, 0.15) is 16.7 Å². The molecule has 0 radical (unpaired) electrons. The number of benzene rings is 2. The second-order valence-corrected chi connectivity index (χ2v) is 9.97. The number of pyridine rings is 2. The Morgan fingerprint density at radius 2 is 1.68 bits per heavy atom. The van der Waals surface area contributed by atoms with E-state index in [-0.39, 0.29) is 18.4 Å². The van der Waals surface area contributed by atoms with E-state index in [2.05, 4.69) is 9.97 Å². The number of hydrogen-bond donors (Lipinski definition) is 0. The number of carbonyl (C=O) groups is 2. The highest BCUT2D eigenvalue weighted by molar-refractivity contribution is 6.29. The number of ether oxygens (including phenoxy) is 1. The highest BCUT2D eigenvalue weighted by atomic mass is 35.5. The summed E-state index contributed by atoms with van der Waals surface area (Å²) in [5, 5.41) is 0.372. The van der Waals surface area contributed by atoms with Gasteiger partial charge in [-0.3, -0.25) is 14.6 Å². The van der Waals surface area contributed by atoms with Crippen LogP contribution in [0.5, 0.6) is 0 Å². The zero-order valence-electron chi connectivity index (χ0n) is 23.2. The molecule has 4 rings (SSSR count). The number of halogens is 1. The molecule has 2 aromatic carbocycles. The first-order chi connectivity index (χ1) is 19.9. The van der Waals surface area contributed by atoms with Gasteiger partial charge in [0.15, 0.2) is 0 Å². The molecular weight excluding hydrogens is 536 g/mol. The summed E-state index contributed by atoms with van der Waals surface area (Å²) in [5.74, 6) is -0.450. The predicted octanol–water partition coefficient (Wildman–Crippen LogP) is 5.56. The van der Waals surface area contributed by atoms with Gasteiger partial charge in [0.1, 0.15) is 11.2 Å². The Hall–Kier alpha value is -4.33. The molecule has 0 saturated carbocycles. The molecular formula is C33H33ClN4O3. The molecule has 8 heteroatoms. The molecule has 4 aromatic rings. The normalized spacial score (nSPS) is 11.8. The number of hydrogen-bond acceptors (Lipinski definition) is 5. The van der Waals surface area contributed by atoms with Crippen molar-refractivity contribution in [2.45, 2.75) is 19.0 Å². The van der Waals surface area contributed by atoms with E-state index in [0.717, 1.165) is 27.9 Å². The van der Waals surface area contributed by atoms with Gasteiger partial charge in [0, 0.05) is 57.7 Å². The average molecular weight is 569 g/mol. The average Bonchev–Trinajstić information content (AvgIpc) is 3.02. The largest absolute Gasteiger partial charge is 0.383 e. The molecule has 2 amide bonds. The van der Waals surface area contributed by atoms with Crippen LogP contribution in [0.25, 0.3) is 17.3 Å². The maximum atomic E-state index is 13.9. The fourth-order valence-electron chi connectivity index (χ4n) is 4.36. The lowest BCUT2D eigenvalue weighted by Crippen LogP contribution is -2.51. The fourth-order valence-corrected chi connectivity index (χ4v) is 4.47. The van der Waals surface area contributed by atoms with Crippen LogP contribution < -0.4 is 0 Å². The third-order valence-corrected chi connectivity index (χ3v) is 6.88. The summed E-state index contributed by atoms with van der Waals surface area (Å²) in [7, 11) is 3.33. The molecule has 1 atom stereocenters. The summed E-state index contributed by atoms with van der Waals surface area (Å²) >= 11 is 5.92. The van der Waals surface area contributed by atoms with Crippen molar-refractivity contribution in [1.82, 2.24) is 19.8 Å². The lowest BCUT2D eigenvalue weighted by molar-refractivity contribution is -0.143. The summed E-state index contributed by atoms with van der Waals surface area (Å²) in [6.07, 6.45) is 6.88. The zero-order valence-corrected chi connectivity index (χ0v) is 23.9. The summed E-state index contributed by atoms with van der Waals surface area (Å²) in [6, 6.07) is 26.1. The summed E-state index contributed by atoms with van der Waals surface area (Å²) < 4.78 is 5.20. The van der Waals surface area contributed by atoms with Crippen molar-refractivity contribution in [1.29, 1.82) is 0 Å². The van der Waals surface area contributed by atoms with Crippen LogP contribution in [0, 0.1) is 0 Å². The van der Waals surface area contributed by atoms with Crippen molar-refractivity contribution in [3.63, 3.8) is 0 Å². The summed E-state index contributed by atoms with van der Waals surface area (Å²) in [6.45, 7) is 1.05. The fraction of sp³-hybridized carbons (Fsp3) is 0.212. The second-order valence-electron chi connectivity index (χ2n) is 9.58. The quantitative estimate of drug-likeness (QED) is 0.165. The van der Waals surface area contributed by atoms with E-state index in [1.54, 1.807) is 54.6 Å². The minimum absolute atomic E-state index is 0.161. The molecule has 0 fully saturated rings. The van der Waals surface area contributed by atoms with Crippen LogP contribution in [0.2, 0.25) is 5.15 Å². The molecule has 0 aliphatic rings. The Bertz CT molecular complexity index is 1430. The van der Waals surface area contributed by atoms with Crippen LogP contribution in [0.3, 0.4) is 0 Å². The highest BCUT2D eigenvalue weighted by Crippen LogP contribution is 2.21. The second kappa shape index (κ2) is 14.9. The molecule has 0 unspecified atom stereocenters. The maximum Gasteiger partial charge on any atom is 0.247 e. The van der Waals surface area contributed by atoms with Gasteiger partial charge in [0.05, 0.1) is 12.3 Å². The molecule has 41 heavy (non-hydrogen) atoms. The van der Waals surface area contributed by atoms with Gasteiger partial charge in [-0.25, -0.2) is 4.98 Å². The third kappa shape index (κ3) is 8.58. The van der Waals surface area contributed by atoms with Gasteiger partial charge >= 0.3 is 0 Å². The molecule has 0 N–H and O–H groups in total. The van der Waals surface area contributed by atoms with E-state index in [1.807, 2.05) is 72.8 Å². The Labute approximate surface area is 246 Å². The first-order valence-corrected chi connectivity index (χ1v) is 13.7. The number of aromatic nitrogens is 2. The van der Waals surface area contributed by atoms with Crippen molar-refractivity contribution < 1.29 is 14.3 Å². The number of rotatable bonds is 12. The lowest BCUT2D eigenvalue weighted by Gasteiger charge is -2.33. The SMILES string of the molecule is COCCN(C)C(=O)[C@H](Cc1ccccc1)N(Cc1ccc(-c2ccccn2)cc1)C(=O)/C=C/c1ccc(Cl)nc1. The Balaban J connectivity index is 1.68. The molecule has 2 aromatic heterocycles. The molecule has 210 valence electrons. The molecule has 0 aliphatic carbocycles. The van der Waals surface area contributed by atoms with E-state index in [9.17, 15) is 9.59 Å². The topological polar surface area (TPSA) is 75.6 Å². The van der Waals surface area contributed by atoms with E-state index in [1.165, 1.54) is 6.08 Å². The van der Waals surface area contributed by atoms with Crippen LogP contribution in [0.15, 0.2) is 103 Å². The van der Waals surface area contributed by atoms with Crippen molar-refractivity contribution >= 4 is 29.5 Å². The van der Waals surface area contributed by atoms with Gasteiger partial charge in [-0.2, -0.15) is 0 Å². The van der Waals surface area contributed by atoms with Crippen molar-refractivity contribution in [2.75, 3.05) is 27.3 Å². The van der Waals surface area contributed by atoms with Crippen molar-refractivity contribution in [3.05, 3.63) is 125 Å². The van der Waals surface area contributed by atoms with E-state index >= 15 is 0 Å². The molecule has 0 aliphatic heterocycles. The zero-order chi connectivity index (χ0) is 29.0. The standard InChI is InChI=1S/C33H33ClN4O3/c1-37(20-21-41-2)33(40)30(22-25-8-4-3-5-9-25)38(32(39)18-14-26-13-17-31(34)36-23-26)24-27-11-15-28(16-12-27)29-10-6-7-19-35-29/h3-19,23,30H,20-22,24H2,1-2H3/b18-14+/t30-/m0/s1. The van der Waals surface area contributed by atoms with E-state index in [0.29, 0.717) is 24.7 Å². The van der Waals surface area contributed by atoms with Crippen LogP contribution in [-0.4, -0.2) is 64.9 Å². The van der Waals surface area contributed by atoms with Gasteiger partial charge in [0.2, 0.25) is 11.8 Å². The number of likely N-dealkylation sites (N-methyl/N-ethyl adjacent to an activating group) is 1.